The second-order valence-electron chi connectivity index (χ2n) is 5.90. The Morgan fingerprint density at radius 3 is 2.77 bits per heavy atom. The molecule has 0 bridgehead atoms. The predicted octanol–water partition coefficient (Wildman–Crippen LogP) is 4.95. The number of aryl methyl sites for hydroxylation is 1. The van der Waals surface area contributed by atoms with Crippen LogP contribution in [0.2, 0.25) is 5.02 Å². The van der Waals surface area contributed by atoms with E-state index in [-0.39, 0.29) is 17.6 Å². The third-order valence-electron chi connectivity index (χ3n) is 4.26. The molecule has 0 aliphatic rings. The molecule has 0 aliphatic heterocycles. The summed E-state index contributed by atoms with van der Waals surface area (Å²) in [6.45, 7) is 3.44. The fourth-order valence-corrected chi connectivity index (χ4v) is 4.52. The van der Waals surface area contributed by atoms with Crippen molar-refractivity contribution in [3.8, 4) is 0 Å². The molecule has 0 unspecified atom stereocenters. The molecule has 0 aliphatic carbocycles. The molecule has 0 saturated carbocycles. The van der Waals surface area contributed by atoms with Crippen LogP contribution in [0.25, 0.3) is 25.9 Å². The maximum Gasteiger partial charge on any atom is 0.345 e. The van der Waals surface area contributed by atoms with E-state index in [1.807, 2.05) is 6.07 Å². The number of aromatic nitrogens is 1. The Kier molecular flexibility index (Phi) is 3.97. The van der Waals surface area contributed by atoms with Crippen LogP contribution in [0.3, 0.4) is 0 Å². The molecule has 4 rings (SSSR count). The van der Waals surface area contributed by atoms with Crippen LogP contribution < -0.4 is 5.43 Å². The van der Waals surface area contributed by atoms with E-state index in [1.54, 1.807) is 36.4 Å². The van der Waals surface area contributed by atoms with Crippen molar-refractivity contribution < 1.29 is 13.9 Å². The Bertz CT molecular complexity index is 1280. The molecule has 0 atom stereocenters. The first-order valence-corrected chi connectivity index (χ1v) is 9.15. The van der Waals surface area contributed by atoms with Gasteiger partial charge in [0, 0.05) is 10.4 Å². The minimum absolute atomic E-state index is 0.0834. The molecule has 7 heteroatoms. The zero-order valence-electron chi connectivity index (χ0n) is 13.9. The van der Waals surface area contributed by atoms with Crippen LogP contribution in [-0.4, -0.2) is 17.0 Å². The maximum atomic E-state index is 14.1. The number of ether oxygens (including phenoxy) is 1. The molecule has 4 nitrogen and oxygen atoms in total. The van der Waals surface area contributed by atoms with Gasteiger partial charge in [0.05, 0.1) is 22.3 Å². The molecule has 2 aromatic heterocycles. The summed E-state index contributed by atoms with van der Waals surface area (Å²) in [6, 6.07) is 8.13. The van der Waals surface area contributed by atoms with Crippen molar-refractivity contribution in [2.24, 2.45) is 0 Å². The molecule has 26 heavy (non-hydrogen) atoms. The number of halogens is 2. The standard InChI is InChI=1S/C19H13ClFNO3S/c1-3-25-19(24)16-17(23)11-8-12(21)9(2)6-14(11)22-13-5-4-10(20)7-15(13)26-18(16)22/h4-8H,3H2,1-2H3. The van der Waals surface area contributed by atoms with E-state index in [2.05, 4.69) is 0 Å². The van der Waals surface area contributed by atoms with Gasteiger partial charge in [-0.3, -0.25) is 9.20 Å². The third-order valence-corrected chi connectivity index (χ3v) is 5.62. The SMILES string of the molecule is CCOC(=O)c1c(=O)c2cc(F)c(C)cc2n2c1sc1cc(Cl)ccc12. The summed E-state index contributed by atoms with van der Waals surface area (Å²) in [5.41, 5.74) is 1.14. The smallest absolute Gasteiger partial charge is 0.345 e. The van der Waals surface area contributed by atoms with E-state index in [1.165, 1.54) is 17.4 Å². The van der Waals surface area contributed by atoms with Crippen molar-refractivity contribution in [1.82, 2.24) is 4.40 Å². The van der Waals surface area contributed by atoms with Crippen LogP contribution in [-0.2, 0) is 4.74 Å². The van der Waals surface area contributed by atoms with Crippen LogP contribution in [0.5, 0.6) is 0 Å². The van der Waals surface area contributed by atoms with Crippen LogP contribution >= 0.6 is 22.9 Å². The summed E-state index contributed by atoms with van der Waals surface area (Å²) in [6.07, 6.45) is 0. The lowest BCUT2D eigenvalue weighted by Crippen LogP contribution is -2.20. The molecule has 0 amide bonds. The number of benzene rings is 2. The molecule has 2 heterocycles. The zero-order chi connectivity index (χ0) is 18.6. The highest BCUT2D eigenvalue weighted by Crippen LogP contribution is 2.33. The van der Waals surface area contributed by atoms with E-state index in [9.17, 15) is 14.0 Å². The second kappa shape index (κ2) is 6.07. The number of pyridine rings is 1. The first-order chi connectivity index (χ1) is 12.4. The number of carbonyl (C=O) groups excluding carboxylic acids is 1. The molecule has 0 N–H and O–H groups in total. The highest BCUT2D eigenvalue weighted by atomic mass is 35.5. The second-order valence-corrected chi connectivity index (χ2v) is 7.36. The molecule has 0 fully saturated rings. The Balaban J connectivity index is 2.30. The molecule has 0 radical (unpaired) electrons. The Morgan fingerprint density at radius 1 is 1.27 bits per heavy atom. The van der Waals surface area contributed by atoms with Gasteiger partial charge in [-0.2, -0.15) is 0 Å². The van der Waals surface area contributed by atoms with Gasteiger partial charge < -0.3 is 4.74 Å². The largest absolute Gasteiger partial charge is 0.462 e. The minimum Gasteiger partial charge on any atom is -0.462 e. The van der Waals surface area contributed by atoms with Gasteiger partial charge in [0.15, 0.2) is 0 Å². The van der Waals surface area contributed by atoms with Crippen molar-refractivity contribution in [3.63, 3.8) is 0 Å². The molecular weight excluding hydrogens is 377 g/mol. The van der Waals surface area contributed by atoms with Gasteiger partial charge in [0.25, 0.3) is 0 Å². The number of hydrogen-bond donors (Lipinski definition) is 0. The normalized spacial score (nSPS) is 11.5. The predicted molar refractivity (Wildman–Crippen MR) is 102 cm³/mol. The number of esters is 1. The quantitative estimate of drug-likeness (QED) is 0.456. The number of rotatable bonds is 2. The average Bonchev–Trinajstić information content (AvgIpc) is 2.95. The summed E-state index contributed by atoms with van der Waals surface area (Å²) in [4.78, 5) is 25.9. The summed E-state index contributed by atoms with van der Waals surface area (Å²) >= 11 is 7.37. The van der Waals surface area contributed by atoms with Crippen LogP contribution in [0.1, 0.15) is 22.8 Å². The monoisotopic (exact) mass is 389 g/mol. The summed E-state index contributed by atoms with van der Waals surface area (Å²) in [5.74, 6) is -1.21. The summed E-state index contributed by atoms with van der Waals surface area (Å²) < 4.78 is 21.8. The van der Waals surface area contributed by atoms with Crippen molar-refractivity contribution in [3.05, 3.63) is 62.5 Å². The van der Waals surface area contributed by atoms with Crippen LogP contribution in [0.4, 0.5) is 4.39 Å². The minimum atomic E-state index is -0.712. The highest BCUT2D eigenvalue weighted by Gasteiger charge is 2.23. The zero-order valence-corrected chi connectivity index (χ0v) is 15.5. The number of nitrogens with zero attached hydrogens (tertiary/aromatic N) is 1. The number of carbonyl (C=O) groups is 1. The van der Waals surface area contributed by atoms with E-state index >= 15 is 0 Å². The van der Waals surface area contributed by atoms with Crippen molar-refractivity contribution >= 4 is 54.9 Å². The van der Waals surface area contributed by atoms with Gasteiger partial charge in [-0.15, -0.1) is 11.3 Å². The average molecular weight is 390 g/mol. The fraction of sp³-hybridized carbons (Fsp3) is 0.158. The van der Waals surface area contributed by atoms with E-state index in [0.29, 0.717) is 20.9 Å². The van der Waals surface area contributed by atoms with Crippen LogP contribution in [0.15, 0.2) is 35.1 Å². The molecule has 0 spiro atoms. The lowest BCUT2D eigenvalue weighted by atomic mass is 10.1. The first kappa shape index (κ1) is 17.0. The number of thiazole rings is 1. The Labute approximate surface area is 156 Å². The summed E-state index contributed by atoms with van der Waals surface area (Å²) in [5, 5.41) is 0.694. The lowest BCUT2D eigenvalue weighted by molar-refractivity contribution is 0.0527. The first-order valence-electron chi connectivity index (χ1n) is 7.96. The molecule has 4 aromatic rings. The van der Waals surface area contributed by atoms with Gasteiger partial charge in [-0.05, 0) is 49.7 Å². The van der Waals surface area contributed by atoms with Crippen molar-refractivity contribution in [2.75, 3.05) is 6.61 Å². The third kappa shape index (κ3) is 2.40. The van der Waals surface area contributed by atoms with Gasteiger partial charge in [0.1, 0.15) is 16.2 Å². The van der Waals surface area contributed by atoms with E-state index < -0.39 is 17.2 Å². The van der Waals surface area contributed by atoms with Gasteiger partial charge in [-0.1, -0.05) is 11.6 Å². The lowest BCUT2D eigenvalue weighted by Gasteiger charge is -2.09. The molecule has 132 valence electrons. The number of fused-ring (bicyclic) bond motifs is 5. The molecule has 2 aromatic carbocycles. The van der Waals surface area contributed by atoms with Crippen LogP contribution in [0, 0.1) is 12.7 Å². The highest BCUT2D eigenvalue weighted by molar-refractivity contribution is 7.24. The summed E-state index contributed by atoms with van der Waals surface area (Å²) in [7, 11) is 0. The van der Waals surface area contributed by atoms with Gasteiger partial charge in [-0.25, -0.2) is 9.18 Å². The van der Waals surface area contributed by atoms with E-state index in [4.69, 9.17) is 16.3 Å². The molecule has 0 saturated heterocycles. The van der Waals surface area contributed by atoms with Crippen molar-refractivity contribution in [2.45, 2.75) is 13.8 Å². The molecular formula is C19H13ClFNO3S. The topological polar surface area (TPSA) is 47.8 Å². The number of hydrogen-bond acceptors (Lipinski definition) is 4. The Hall–Kier alpha value is -2.44. The van der Waals surface area contributed by atoms with Gasteiger partial charge in [0.2, 0.25) is 5.43 Å². The Morgan fingerprint density at radius 2 is 2.04 bits per heavy atom. The van der Waals surface area contributed by atoms with Crippen molar-refractivity contribution in [1.29, 1.82) is 0 Å². The van der Waals surface area contributed by atoms with E-state index in [0.717, 1.165) is 10.2 Å². The fourth-order valence-electron chi connectivity index (χ4n) is 3.06. The maximum absolute atomic E-state index is 14.1. The van der Waals surface area contributed by atoms with Gasteiger partial charge >= 0.3 is 5.97 Å².